The van der Waals surface area contributed by atoms with Gasteiger partial charge in [-0.3, -0.25) is 0 Å². The number of hydrogen-bond acceptors (Lipinski definition) is 3. The lowest BCUT2D eigenvalue weighted by Gasteiger charge is -2.06. The molecule has 0 fully saturated rings. The number of ether oxygens (including phenoxy) is 1. The fraction of sp³-hybridized carbons (Fsp3) is 0.600. The molecule has 0 N–H and O–H groups in total. The van der Waals surface area contributed by atoms with Crippen molar-refractivity contribution in [1.82, 2.24) is 9.97 Å². The largest absolute Gasteiger partial charge is 0.384 e. The fourth-order valence-electron chi connectivity index (χ4n) is 1.06. The molecule has 1 heterocycles. The number of methoxy groups -OCH3 is 1. The van der Waals surface area contributed by atoms with Crippen LogP contribution in [0.15, 0.2) is 6.20 Å². The van der Waals surface area contributed by atoms with E-state index in [1.54, 1.807) is 13.3 Å². The van der Waals surface area contributed by atoms with Crippen molar-refractivity contribution >= 4 is 11.6 Å². The quantitative estimate of drug-likeness (QED) is 0.723. The molecule has 0 aliphatic carbocycles. The molecular formula is C10H15ClN2O. The zero-order valence-corrected chi connectivity index (χ0v) is 9.51. The van der Waals surface area contributed by atoms with Gasteiger partial charge in [0.15, 0.2) is 0 Å². The highest BCUT2D eigenvalue weighted by molar-refractivity contribution is 6.30. The van der Waals surface area contributed by atoms with E-state index in [9.17, 15) is 0 Å². The Morgan fingerprint density at radius 1 is 1.50 bits per heavy atom. The summed E-state index contributed by atoms with van der Waals surface area (Å²) in [5.74, 6) is 1.10. The van der Waals surface area contributed by atoms with Gasteiger partial charge in [0.1, 0.15) is 11.0 Å². The Labute approximate surface area is 89.5 Å². The molecule has 0 saturated carbocycles. The number of nitrogens with zero attached hydrogens (tertiary/aromatic N) is 2. The van der Waals surface area contributed by atoms with Crippen LogP contribution < -0.4 is 0 Å². The maximum absolute atomic E-state index is 6.00. The molecule has 4 heteroatoms. The highest BCUT2D eigenvalue weighted by Gasteiger charge is 2.07. The third kappa shape index (κ3) is 2.93. The Morgan fingerprint density at radius 2 is 2.21 bits per heavy atom. The van der Waals surface area contributed by atoms with Crippen LogP contribution in [0.3, 0.4) is 0 Å². The van der Waals surface area contributed by atoms with Crippen molar-refractivity contribution in [3.05, 3.63) is 22.7 Å². The van der Waals surface area contributed by atoms with Crippen LogP contribution in [0.25, 0.3) is 0 Å². The first-order chi connectivity index (χ1) is 6.65. The maximum Gasteiger partial charge on any atom is 0.136 e. The molecule has 0 spiro atoms. The van der Waals surface area contributed by atoms with Gasteiger partial charge in [-0.2, -0.15) is 0 Å². The zero-order chi connectivity index (χ0) is 10.6. The molecule has 78 valence electrons. The van der Waals surface area contributed by atoms with E-state index in [0.717, 1.165) is 17.8 Å². The normalized spacial score (nSPS) is 10.9. The molecule has 0 saturated heterocycles. The van der Waals surface area contributed by atoms with E-state index in [1.807, 2.05) is 13.8 Å². The summed E-state index contributed by atoms with van der Waals surface area (Å²) in [6.07, 6.45) is 2.54. The average molecular weight is 215 g/mol. The van der Waals surface area contributed by atoms with Crippen LogP contribution in [0.5, 0.6) is 0 Å². The molecule has 0 unspecified atom stereocenters. The summed E-state index contributed by atoms with van der Waals surface area (Å²) in [6, 6.07) is 0. The van der Waals surface area contributed by atoms with Gasteiger partial charge in [-0.15, -0.1) is 0 Å². The number of rotatable bonds is 4. The first-order valence-electron chi connectivity index (χ1n) is 4.65. The van der Waals surface area contributed by atoms with E-state index in [2.05, 4.69) is 9.97 Å². The first-order valence-corrected chi connectivity index (χ1v) is 5.03. The summed E-state index contributed by atoms with van der Waals surface area (Å²) in [4.78, 5) is 8.47. The van der Waals surface area contributed by atoms with Crippen LogP contribution in [0.2, 0.25) is 5.15 Å². The number of halogens is 1. The summed E-state index contributed by atoms with van der Waals surface area (Å²) in [7, 11) is 1.66. The van der Waals surface area contributed by atoms with Gasteiger partial charge in [0.25, 0.3) is 0 Å². The molecule has 1 rings (SSSR count). The lowest BCUT2D eigenvalue weighted by Crippen LogP contribution is -2.02. The van der Waals surface area contributed by atoms with E-state index in [0.29, 0.717) is 17.7 Å². The highest BCUT2D eigenvalue weighted by Crippen LogP contribution is 2.16. The minimum Gasteiger partial charge on any atom is -0.384 e. The predicted octanol–water partition coefficient (Wildman–Crippen LogP) is 2.44. The SMILES string of the molecule is COCCc1cnc(C(C)C)nc1Cl. The van der Waals surface area contributed by atoms with Crippen molar-refractivity contribution in [3.63, 3.8) is 0 Å². The van der Waals surface area contributed by atoms with Gasteiger partial charge in [0, 0.05) is 31.2 Å². The smallest absolute Gasteiger partial charge is 0.136 e. The van der Waals surface area contributed by atoms with Crippen molar-refractivity contribution in [2.24, 2.45) is 0 Å². The van der Waals surface area contributed by atoms with Crippen LogP contribution in [-0.2, 0) is 11.2 Å². The number of hydrogen-bond donors (Lipinski definition) is 0. The van der Waals surface area contributed by atoms with Crippen LogP contribution in [0.4, 0.5) is 0 Å². The molecule has 1 aromatic heterocycles. The zero-order valence-electron chi connectivity index (χ0n) is 8.75. The maximum atomic E-state index is 6.00. The minimum absolute atomic E-state index is 0.309. The van der Waals surface area contributed by atoms with E-state index in [1.165, 1.54) is 0 Å². The first kappa shape index (κ1) is 11.4. The molecule has 0 aliphatic heterocycles. The third-order valence-corrected chi connectivity index (χ3v) is 2.25. The molecule has 0 radical (unpaired) electrons. The van der Waals surface area contributed by atoms with Gasteiger partial charge in [-0.05, 0) is 0 Å². The van der Waals surface area contributed by atoms with Gasteiger partial charge in [0.05, 0.1) is 6.61 Å². The summed E-state index contributed by atoms with van der Waals surface area (Å²) in [5, 5.41) is 0.542. The van der Waals surface area contributed by atoms with E-state index < -0.39 is 0 Å². The molecule has 3 nitrogen and oxygen atoms in total. The fourth-order valence-corrected chi connectivity index (χ4v) is 1.29. The Balaban J connectivity index is 2.79. The van der Waals surface area contributed by atoms with Gasteiger partial charge < -0.3 is 4.74 Å². The highest BCUT2D eigenvalue weighted by atomic mass is 35.5. The van der Waals surface area contributed by atoms with E-state index in [-0.39, 0.29) is 0 Å². The topological polar surface area (TPSA) is 35.0 Å². The molecule has 0 atom stereocenters. The molecule has 0 amide bonds. The lowest BCUT2D eigenvalue weighted by atomic mass is 10.2. The van der Waals surface area contributed by atoms with Crippen molar-refractivity contribution < 1.29 is 4.74 Å². The summed E-state index contributed by atoms with van der Waals surface area (Å²) in [6.45, 7) is 4.73. The van der Waals surface area contributed by atoms with Gasteiger partial charge >= 0.3 is 0 Å². The third-order valence-electron chi connectivity index (χ3n) is 1.92. The van der Waals surface area contributed by atoms with Crippen LogP contribution >= 0.6 is 11.6 Å². The summed E-state index contributed by atoms with van der Waals surface area (Å²) in [5.41, 5.74) is 0.943. The molecule has 14 heavy (non-hydrogen) atoms. The van der Waals surface area contributed by atoms with E-state index in [4.69, 9.17) is 16.3 Å². The van der Waals surface area contributed by atoms with Crippen molar-refractivity contribution in [1.29, 1.82) is 0 Å². The van der Waals surface area contributed by atoms with Crippen molar-refractivity contribution in [3.8, 4) is 0 Å². The van der Waals surface area contributed by atoms with Crippen LogP contribution in [0, 0.1) is 0 Å². The second kappa shape index (κ2) is 5.27. The van der Waals surface area contributed by atoms with Gasteiger partial charge in [0.2, 0.25) is 0 Å². The average Bonchev–Trinajstić information content (AvgIpc) is 2.15. The second-order valence-electron chi connectivity index (χ2n) is 3.44. The predicted molar refractivity (Wildman–Crippen MR) is 56.7 cm³/mol. The van der Waals surface area contributed by atoms with Gasteiger partial charge in [-0.1, -0.05) is 25.4 Å². The molecule has 1 aromatic rings. The summed E-state index contributed by atoms with van der Waals surface area (Å²) >= 11 is 6.00. The van der Waals surface area contributed by atoms with Crippen molar-refractivity contribution in [2.75, 3.05) is 13.7 Å². The van der Waals surface area contributed by atoms with E-state index >= 15 is 0 Å². The Bertz CT molecular complexity index is 302. The second-order valence-corrected chi connectivity index (χ2v) is 3.80. The Hall–Kier alpha value is -0.670. The van der Waals surface area contributed by atoms with Crippen molar-refractivity contribution in [2.45, 2.75) is 26.2 Å². The standard InChI is InChI=1S/C10H15ClN2O/c1-7(2)10-12-6-8(4-5-14-3)9(11)13-10/h6-7H,4-5H2,1-3H3. The number of aromatic nitrogens is 2. The van der Waals surface area contributed by atoms with Gasteiger partial charge in [-0.25, -0.2) is 9.97 Å². The van der Waals surface area contributed by atoms with Crippen LogP contribution in [0.1, 0.15) is 31.2 Å². The monoisotopic (exact) mass is 214 g/mol. The molecular weight excluding hydrogens is 200 g/mol. The Kier molecular flexibility index (Phi) is 4.29. The summed E-state index contributed by atoms with van der Waals surface area (Å²) < 4.78 is 4.96. The minimum atomic E-state index is 0.309. The van der Waals surface area contributed by atoms with Crippen LogP contribution in [-0.4, -0.2) is 23.7 Å². The molecule has 0 aromatic carbocycles. The molecule has 0 aliphatic rings. The molecule has 0 bridgehead atoms. The Morgan fingerprint density at radius 3 is 2.71 bits per heavy atom. The lowest BCUT2D eigenvalue weighted by molar-refractivity contribution is 0.202.